The van der Waals surface area contributed by atoms with E-state index in [2.05, 4.69) is 49.3 Å². The molecule has 2 rings (SSSR count). The Hall–Kier alpha value is -2.35. The van der Waals surface area contributed by atoms with Crippen LogP contribution in [0.2, 0.25) is 0 Å². The molecule has 1 aromatic rings. The van der Waals surface area contributed by atoms with Gasteiger partial charge in [0.05, 0.1) is 0 Å². The summed E-state index contributed by atoms with van der Waals surface area (Å²) in [7, 11) is 0. The first-order chi connectivity index (χ1) is 11.6. The largest absolute Gasteiger partial charge is 0.334 e. The molecule has 0 bridgehead atoms. The molecule has 0 saturated heterocycles. The smallest absolute Gasteiger partial charge is 0.156 e. The van der Waals surface area contributed by atoms with E-state index in [1.165, 1.54) is 11.1 Å². The second-order valence-corrected chi connectivity index (χ2v) is 6.22. The lowest BCUT2D eigenvalue weighted by Gasteiger charge is -2.44. The third kappa shape index (κ3) is 3.28. The van der Waals surface area contributed by atoms with Crippen molar-refractivity contribution in [2.75, 3.05) is 0 Å². The van der Waals surface area contributed by atoms with Crippen LogP contribution in [-0.4, -0.2) is 16.2 Å². The topological polar surface area (TPSA) is 20.3 Å². The van der Waals surface area contributed by atoms with Gasteiger partial charge in [-0.25, -0.2) is 0 Å². The Morgan fingerprint density at radius 2 is 1.88 bits per heavy atom. The van der Waals surface area contributed by atoms with Crippen LogP contribution < -0.4 is 0 Å². The maximum absolute atomic E-state index is 12.7. The highest BCUT2D eigenvalue weighted by atomic mass is 16.1. The Kier molecular flexibility index (Phi) is 5.97. The van der Waals surface area contributed by atoms with E-state index in [1.807, 2.05) is 30.5 Å². The van der Waals surface area contributed by atoms with Gasteiger partial charge in [0.25, 0.3) is 0 Å². The van der Waals surface area contributed by atoms with Gasteiger partial charge in [-0.05, 0) is 37.8 Å². The second-order valence-electron chi connectivity index (χ2n) is 6.22. The number of carbonyl (C=O) groups is 1. The quantitative estimate of drug-likeness (QED) is 0.581. The number of Topliss-reactive ketones (excluding diaryl/α,β-unsaturated/α-hetero) is 1. The summed E-state index contributed by atoms with van der Waals surface area (Å²) in [5.41, 5.74) is 2.81. The monoisotopic (exact) mass is 321 g/mol. The minimum atomic E-state index is -0.660. The Balaban J connectivity index is 2.62. The number of fused-ring (bicyclic) bond motifs is 1. The fraction of sp³-hybridized carbons (Fsp3) is 0.318. The highest BCUT2D eigenvalue weighted by molar-refractivity contribution is 5.90. The molecule has 2 heteroatoms. The van der Waals surface area contributed by atoms with Gasteiger partial charge in [-0.3, -0.25) is 4.79 Å². The molecule has 0 saturated carbocycles. The Labute approximate surface area is 145 Å². The highest BCUT2D eigenvalue weighted by Gasteiger charge is 2.40. The molecule has 0 aromatic heterocycles. The summed E-state index contributed by atoms with van der Waals surface area (Å²) < 4.78 is 0. The number of rotatable bonds is 8. The maximum Gasteiger partial charge on any atom is 0.156 e. The van der Waals surface area contributed by atoms with Crippen molar-refractivity contribution in [2.24, 2.45) is 0 Å². The summed E-state index contributed by atoms with van der Waals surface area (Å²) in [6, 6.07) is 8.33. The average Bonchev–Trinajstić information content (AvgIpc) is 2.59. The molecule has 126 valence electrons. The van der Waals surface area contributed by atoms with E-state index in [-0.39, 0.29) is 5.78 Å². The van der Waals surface area contributed by atoms with Crippen LogP contribution in [-0.2, 0) is 4.79 Å². The van der Waals surface area contributed by atoms with Gasteiger partial charge in [0.2, 0.25) is 0 Å². The van der Waals surface area contributed by atoms with Crippen LogP contribution in [0, 0.1) is 0 Å². The van der Waals surface area contributed by atoms with Gasteiger partial charge in [-0.15, -0.1) is 13.2 Å². The number of allylic oxidation sites excluding steroid dienone is 1. The van der Waals surface area contributed by atoms with Gasteiger partial charge in [0.15, 0.2) is 5.78 Å². The highest BCUT2D eigenvalue weighted by Crippen LogP contribution is 2.39. The van der Waals surface area contributed by atoms with E-state index in [0.29, 0.717) is 12.8 Å². The van der Waals surface area contributed by atoms with Crippen LogP contribution in [0.1, 0.15) is 50.7 Å². The number of carbonyl (C=O) groups excluding carboxylic acids is 1. The molecule has 1 aromatic carbocycles. The van der Waals surface area contributed by atoms with E-state index in [9.17, 15) is 4.79 Å². The molecule has 0 unspecified atom stereocenters. The zero-order valence-corrected chi connectivity index (χ0v) is 14.8. The molecule has 0 N–H and O–H groups in total. The van der Waals surface area contributed by atoms with Crippen molar-refractivity contribution in [1.82, 2.24) is 4.90 Å². The van der Waals surface area contributed by atoms with Crippen LogP contribution in [0.25, 0.3) is 11.8 Å². The van der Waals surface area contributed by atoms with E-state index in [4.69, 9.17) is 0 Å². The number of nitrogens with zero attached hydrogens (tertiary/aromatic N) is 1. The fourth-order valence-corrected chi connectivity index (χ4v) is 3.32. The summed E-state index contributed by atoms with van der Waals surface area (Å²) in [5, 5.41) is 0. The molecule has 0 amide bonds. The van der Waals surface area contributed by atoms with Crippen molar-refractivity contribution in [2.45, 2.75) is 45.1 Å². The lowest BCUT2D eigenvalue weighted by atomic mass is 9.82. The van der Waals surface area contributed by atoms with Crippen LogP contribution in [0.15, 0.2) is 61.9 Å². The van der Waals surface area contributed by atoms with Crippen molar-refractivity contribution < 1.29 is 4.79 Å². The maximum atomic E-state index is 12.7. The zero-order chi connectivity index (χ0) is 17.6. The lowest BCUT2D eigenvalue weighted by Crippen LogP contribution is -2.50. The van der Waals surface area contributed by atoms with Crippen molar-refractivity contribution in [1.29, 1.82) is 0 Å². The van der Waals surface area contributed by atoms with E-state index >= 15 is 0 Å². The first-order valence-corrected chi connectivity index (χ1v) is 8.60. The van der Waals surface area contributed by atoms with Crippen LogP contribution >= 0.6 is 0 Å². The molecule has 1 aliphatic heterocycles. The molecule has 0 aliphatic carbocycles. The van der Waals surface area contributed by atoms with Gasteiger partial charge < -0.3 is 4.90 Å². The average molecular weight is 321 g/mol. The van der Waals surface area contributed by atoms with Crippen molar-refractivity contribution in [3.8, 4) is 0 Å². The third-order valence-corrected chi connectivity index (χ3v) is 4.61. The van der Waals surface area contributed by atoms with Gasteiger partial charge in [0, 0.05) is 17.5 Å². The molecule has 0 atom stereocenters. The molecule has 24 heavy (non-hydrogen) atoms. The normalized spacial score (nSPS) is 15.2. The minimum absolute atomic E-state index is 0.133. The number of ketones is 1. The molecule has 0 spiro atoms. The molecule has 2 nitrogen and oxygen atoms in total. The standard InChI is InChI=1S/C22H27NO/c1-5-8-13-21-20-12-10-9-11-19(20)14-17-23(21)22(15-6-2,16-7-3)18(4)24/h6-7,9-14,17H,2-3,5,8,15-16H2,1,4H3/b21-13+. The van der Waals surface area contributed by atoms with Crippen LogP contribution in [0.3, 0.4) is 0 Å². The summed E-state index contributed by atoms with van der Waals surface area (Å²) in [6.07, 6.45) is 13.2. The van der Waals surface area contributed by atoms with E-state index in [0.717, 1.165) is 18.5 Å². The minimum Gasteiger partial charge on any atom is -0.334 e. The zero-order valence-electron chi connectivity index (χ0n) is 14.8. The third-order valence-electron chi connectivity index (χ3n) is 4.61. The van der Waals surface area contributed by atoms with Crippen LogP contribution in [0.4, 0.5) is 0 Å². The molecule has 0 fully saturated rings. The molecule has 1 heterocycles. The summed E-state index contributed by atoms with van der Waals surface area (Å²) in [4.78, 5) is 14.8. The van der Waals surface area contributed by atoms with Crippen molar-refractivity contribution >= 4 is 17.6 Å². The Bertz CT molecular complexity index is 671. The summed E-state index contributed by atoms with van der Waals surface area (Å²) in [6.45, 7) is 11.6. The molecule has 1 aliphatic rings. The number of benzene rings is 1. The van der Waals surface area contributed by atoms with E-state index in [1.54, 1.807) is 6.92 Å². The molecular formula is C22H27NO. The number of hydrogen-bond acceptors (Lipinski definition) is 2. The molecule has 0 radical (unpaired) electrons. The van der Waals surface area contributed by atoms with Gasteiger partial charge >= 0.3 is 0 Å². The second kappa shape index (κ2) is 7.96. The van der Waals surface area contributed by atoms with Crippen LogP contribution in [0.5, 0.6) is 0 Å². The fourth-order valence-electron chi connectivity index (χ4n) is 3.32. The van der Waals surface area contributed by atoms with Gasteiger partial charge in [0.1, 0.15) is 5.54 Å². The SMILES string of the molecule is C=CCC(CC=C)(C(C)=O)N1C=Cc2ccccc2/C1=C\CCC. The predicted octanol–water partition coefficient (Wildman–Crippen LogP) is 5.59. The first-order valence-electron chi connectivity index (χ1n) is 8.60. The Morgan fingerprint density at radius 3 is 2.46 bits per heavy atom. The van der Waals surface area contributed by atoms with Crippen molar-refractivity contribution in [3.05, 3.63) is 73.0 Å². The van der Waals surface area contributed by atoms with Crippen molar-refractivity contribution in [3.63, 3.8) is 0 Å². The van der Waals surface area contributed by atoms with Gasteiger partial charge in [-0.1, -0.05) is 55.8 Å². The predicted molar refractivity (Wildman–Crippen MR) is 103 cm³/mol. The summed E-state index contributed by atoms with van der Waals surface area (Å²) in [5.74, 6) is 0.133. The first kappa shape index (κ1) is 18.0. The number of unbranched alkanes of at least 4 members (excludes halogenated alkanes) is 1. The summed E-state index contributed by atoms with van der Waals surface area (Å²) >= 11 is 0. The Morgan fingerprint density at radius 1 is 1.21 bits per heavy atom. The van der Waals surface area contributed by atoms with E-state index < -0.39 is 5.54 Å². The lowest BCUT2D eigenvalue weighted by molar-refractivity contribution is -0.125. The number of hydrogen-bond donors (Lipinski definition) is 0. The van der Waals surface area contributed by atoms with Gasteiger partial charge in [-0.2, -0.15) is 0 Å². The molecular weight excluding hydrogens is 294 g/mol.